The van der Waals surface area contributed by atoms with Gasteiger partial charge in [0.25, 0.3) is 11.8 Å². The Morgan fingerprint density at radius 1 is 0.607 bits per heavy atom. The van der Waals surface area contributed by atoms with Crippen molar-refractivity contribution in [1.82, 2.24) is 9.80 Å². The number of benzene rings is 3. The van der Waals surface area contributed by atoms with Crippen molar-refractivity contribution in [3.05, 3.63) is 106 Å². The number of rotatable bonds is 4. The Bertz CT molecular complexity index is 1010. The zero-order chi connectivity index (χ0) is 19.1. The second-order valence-electron chi connectivity index (χ2n) is 7.46. The van der Waals surface area contributed by atoms with E-state index in [1.165, 1.54) is 0 Å². The Labute approximate surface area is 164 Å². The molecule has 0 atom stereocenters. The lowest BCUT2D eigenvalue weighted by Crippen LogP contribution is -2.24. The van der Waals surface area contributed by atoms with Crippen LogP contribution < -0.4 is 0 Å². The van der Waals surface area contributed by atoms with Gasteiger partial charge in [0.05, 0.1) is 0 Å². The van der Waals surface area contributed by atoms with Gasteiger partial charge in [-0.2, -0.15) is 0 Å². The molecule has 5 rings (SSSR count). The van der Waals surface area contributed by atoms with Gasteiger partial charge in [-0.15, -0.1) is 0 Å². The first-order chi connectivity index (χ1) is 13.7. The van der Waals surface area contributed by atoms with Crippen LogP contribution in [-0.2, 0) is 26.2 Å². The van der Waals surface area contributed by atoms with E-state index < -0.39 is 0 Å². The number of hydrogen-bond acceptors (Lipinski definition) is 2. The standard InChI is InChI=1S/C24H20N2O2/c27-23-21-10-3-1-8-19(21)15-25(23)13-17-6-5-7-18(12-17)14-26-16-20-9-2-4-11-22(20)24(26)28/h1-12H,13-16H2. The fourth-order valence-corrected chi connectivity index (χ4v) is 4.15. The third-order valence-corrected chi connectivity index (χ3v) is 5.53. The number of amides is 2. The maximum atomic E-state index is 12.6. The average molecular weight is 368 g/mol. The van der Waals surface area contributed by atoms with Crippen LogP contribution in [0.1, 0.15) is 43.0 Å². The highest BCUT2D eigenvalue weighted by Crippen LogP contribution is 2.26. The van der Waals surface area contributed by atoms with Gasteiger partial charge in [0.15, 0.2) is 0 Å². The first-order valence-electron chi connectivity index (χ1n) is 9.51. The molecule has 4 nitrogen and oxygen atoms in total. The topological polar surface area (TPSA) is 40.6 Å². The summed E-state index contributed by atoms with van der Waals surface area (Å²) in [5.74, 6) is 0.178. The molecule has 2 amide bonds. The van der Waals surface area contributed by atoms with Crippen molar-refractivity contribution in [3.63, 3.8) is 0 Å². The van der Waals surface area contributed by atoms with Crippen LogP contribution in [0.25, 0.3) is 0 Å². The minimum absolute atomic E-state index is 0.0890. The van der Waals surface area contributed by atoms with Crippen LogP contribution in [0, 0.1) is 0 Å². The van der Waals surface area contributed by atoms with E-state index >= 15 is 0 Å². The van der Waals surface area contributed by atoms with E-state index in [9.17, 15) is 9.59 Å². The smallest absolute Gasteiger partial charge is 0.254 e. The normalized spacial score (nSPS) is 15.1. The summed E-state index contributed by atoms with van der Waals surface area (Å²) in [6.45, 7) is 2.46. The maximum absolute atomic E-state index is 12.6. The molecule has 0 bridgehead atoms. The Morgan fingerprint density at radius 3 is 1.54 bits per heavy atom. The summed E-state index contributed by atoms with van der Waals surface area (Å²) in [4.78, 5) is 29.0. The van der Waals surface area contributed by atoms with E-state index in [-0.39, 0.29) is 11.8 Å². The van der Waals surface area contributed by atoms with Gasteiger partial charge in [-0.25, -0.2) is 0 Å². The van der Waals surface area contributed by atoms with Crippen LogP contribution in [0.3, 0.4) is 0 Å². The quantitative estimate of drug-likeness (QED) is 0.698. The molecule has 2 aliphatic rings. The molecule has 0 aromatic heterocycles. The van der Waals surface area contributed by atoms with Gasteiger partial charge in [-0.3, -0.25) is 9.59 Å². The lowest BCUT2D eigenvalue weighted by atomic mass is 10.1. The number of carbonyl (C=O) groups excluding carboxylic acids is 2. The first-order valence-corrected chi connectivity index (χ1v) is 9.51. The van der Waals surface area contributed by atoms with Gasteiger partial charge in [0, 0.05) is 37.3 Å². The molecule has 138 valence electrons. The summed E-state index contributed by atoms with van der Waals surface area (Å²) in [5.41, 5.74) is 5.96. The lowest BCUT2D eigenvalue weighted by Gasteiger charge is -2.18. The van der Waals surface area contributed by atoms with Crippen molar-refractivity contribution in [3.8, 4) is 0 Å². The molecule has 0 spiro atoms. The Kier molecular flexibility index (Phi) is 3.97. The van der Waals surface area contributed by atoms with Crippen LogP contribution in [0.2, 0.25) is 0 Å². The van der Waals surface area contributed by atoms with Gasteiger partial charge >= 0.3 is 0 Å². The van der Waals surface area contributed by atoms with Crippen molar-refractivity contribution in [2.45, 2.75) is 26.2 Å². The monoisotopic (exact) mass is 368 g/mol. The van der Waals surface area contributed by atoms with Crippen LogP contribution in [-0.4, -0.2) is 21.6 Å². The number of nitrogens with zero attached hydrogens (tertiary/aromatic N) is 2. The van der Waals surface area contributed by atoms with E-state index in [0.29, 0.717) is 26.2 Å². The summed E-state index contributed by atoms with van der Waals surface area (Å²) >= 11 is 0. The molecule has 0 saturated carbocycles. The summed E-state index contributed by atoms with van der Waals surface area (Å²) in [5, 5.41) is 0. The predicted octanol–water partition coefficient (Wildman–Crippen LogP) is 4.00. The van der Waals surface area contributed by atoms with Crippen molar-refractivity contribution < 1.29 is 9.59 Å². The summed E-state index contributed by atoms with van der Waals surface area (Å²) in [7, 11) is 0. The highest BCUT2D eigenvalue weighted by atomic mass is 16.2. The third-order valence-electron chi connectivity index (χ3n) is 5.53. The number of carbonyl (C=O) groups is 2. The fourth-order valence-electron chi connectivity index (χ4n) is 4.15. The van der Waals surface area contributed by atoms with E-state index in [4.69, 9.17) is 0 Å². The zero-order valence-corrected chi connectivity index (χ0v) is 15.5. The van der Waals surface area contributed by atoms with E-state index in [1.807, 2.05) is 76.5 Å². The fraction of sp³-hybridized carbons (Fsp3) is 0.167. The molecule has 0 aliphatic carbocycles. The third kappa shape index (κ3) is 2.87. The van der Waals surface area contributed by atoms with Gasteiger partial charge in [0.2, 0.25) is 0 Å². The zero-order valence-electron chi connectivity index (χ0n) is 15.5. The highest BCUT2D eigenvalue weighted by molar-refractivity contribution is 5.98. The summed E-state index contributed by atoms with van der Waals surface area (Å²) in [6.07, 6.45) is 0. The molecular weight excluding hydrogens is 348 g/mol. The SMILES string of the molecule is O=C1c2ccccc2CN1Cc1cccc(CN2Cc3ccccc3C2=O)c1. The minimum Gasteiger partial charge on any atom is -0.330 e. The number of hydrogen-bond donors (Lipinski definition) is 0. The Hall–Kier alpha value is -3.40. The average Bonchev–Trinajstić information content (AvgIpc) is 3.20. The molecule has 2 heterocycles. The van der Waals surface area contributed by atoms with Gasteiger partial charge in [0.1, 0.15) is 0 Å². The Balaban J connectivity index is 1.30. The first kappa shape index (κ1) is 16.8. The molecule has 0 fully saturated rings. The molecule has 0 N–H and O–H groups in total. The van der Waals surface area contributed by atoms with E-state index in [1.54, 1.807) is 0 Å². The van der Waals surface area contributed by atoms with Crippen molar-refractivity contribution in [2.24, 2.45) is 0 Å². The predicted molar refractivity (Wildman–Crippen MR) is 106 cm³/mol. The molecule has 3 aromatic rings. The van der Waals surface area contributed by atoms with Crippen LogP contribution in [0.15, 0.2) is 72.8 Å². The van der Waals surface area contributed by atoms with Crippen molar-refractivity contribution in [2.75, 3.05) is 0 Å². The molecule has 28 heavy (non-hydrogen) atoms. The summed E-state index contributed by atoms with van der Waals surface area (Å²) in [6, 6.07) is 23.8. The molecule has 0 saturated heterocycles. The van der Waals surface area contributed by atoms with Crippen molar-refractivity contribution in [1.29, 1.82) is 0 Å². The van der Waals surface area contributed by atoms with Gasteiger partial charge < -0.3 is 9.80 Å². The van der Waals surface area contributed by atoms with E-state index in [2.05, 4.69) is 6.07 Å². The van der Waals surface area contributed by atoms with Crippen molar-refractivity contribution >= 4 is 11.8 Å². The van der Waals surface area contributed by atoms with Gasteiger partial charge in [-0.05, 0) is 34.4 Å². The molecule has 2 aliphatic heterocycles. The lowest BCUT2D eigenvalue weighted by molar-refractivity contribution is 0.0762. The second kappa shape index (κ2) is 6.64. The second-order valence-corrected chi connectivity index (χ2v) is 7.46. The van der Waals surface area contributed by atoms with Crippen LogP contribution >= 0.6 is 0 Å². The highest BCUT2D eigenvalue weighted by Gasteiger charge is 2.28. The van der Waals surface area contributed by atoms with Crippen LogP contribution in [0.4, 0.5) is 0 Å². The summed E-state index contributed by atoms with van der Waals surface area (Å²) < 4.78 is 0. The Morgan fingerprint density at radius 2 is 1.07 bits per heavy atom. The molecular formula is C24H20N2O2. The minimum atomic E-state index is 0.0890. The molecule has 0 unspecified atom stereocenters. The van der Waals surface area contributed by atoms with Crippen LogP contribution in [0.5, 0.6) is 0 Å². The van der Waals surface area contributed by atoms with Gasteiger partial charge in [-0.1, -0.05) is 60.7 Å². The number of fused-ring (bicyclic) bond motifs is 2. The largest absolute Gasteiger partial charge is 0.330 e. The maximum Gasteiger partial charge on any atom is 0.254 e. The molecule has 4 heteroatoms. The molecule has 3 aromatic carbocycles. The molecule has 0 radical (unpaired) electrons. The van der Waals surface area contributed by atoms with E-state index in [0.717, 1.165) is 33.4 Å².